The van der Waals surface area contributed by atoms with E-state index in [4.69, 9.17) is 25.8 Å². The first-order valence-electron chi connectivity index (χ1n) is 18.9. The molecular weight excluding hydrogens is 710 g/mol. The Kier molecular flexibility index (Phi) is 10.2. The molecule has 2 bridgehead atoms. The Bertz CT molecular complexity index is 2060. The zero-order chi connectivity index (χ0) is 36.7. The molecule has 2 aliphatic carbocycles. The lowest BCUT2D eigenvalue weighted by Crippen LogP contribution is -2.49. The predicted octanol–water partition coefficient (Wildman–Crippen LogP) is 7.23. The Morgan fingerprint density at radius 2 is 1.94 bits per heavy atom. The quantitative estimate of drug-likeness (QED) is 0.281. The number of carbonyl (C=O) groups excluding carboxylic acids is 2. The van der Waals surface area contributed by atoms with Crippen molar-refractivity contribution in [2.24, 2.45) is 22.1 Å². The van der Waals surface area contributed by atoms with Crippen molar-refractivity contribution in [3.05, 3.63) is 106 Å². The zero-order valence-electron chi connectivity index (χ0n) is 30.4. The minimum atomic E-state index is -3.54. The molecule has 1 spiro atoms. The molecule has 9 nitrogen and oxygen atoms in total. The first-order chi connectivity index (χ1) is 25.6. The first-order valence-corrected chi connectivity index (χ1v) is 21.0. The molecule has 11 heteroatoms. The highest BCUT2D eigenvalue weighted by molar-refractivity contribution is 7.92. The minimum absolute atomic E-state index is 0.00789. The van der Waals surface area contributed by atoms with Crippen molar-refractivity contribution in [3.63, 3.8) is 0 Å². The summed E-state index contributed by atoms with van der Waals surface area (Å²) in [6.07, 6.45) is 9.41. The van der Waals surface area contributed by atoms with Gasteiger partial charge in [0, 0.05) is 42.6 Å². The molecule has 1 fully saturated rings. The van der Waals surface area contributed by atoms with E-state index in [9.17, 15) is 13.8 Å². The molecule has 2 amide bonds. The van der Waals surface area contributed by atoms with Crippen LogP contribution < -0.4 is 14.4 Å². The summed E-state index contributed by atoms with van der Waals surface area (Å²) in [5.41, 5.74) is 5.44. The van der Waals surface area contributed by atoms with Gasteiger partial charge in [0.05, 0.1) is 30.8 Å². The van der Waals surface area contributed by atoms with E-state index in [1.807, 2.05) is 49.4 Å². The topological polar surface area (TPSA) is 107 Å². The molecular formula is C42H48ClN3O6S. The fourth-order valence-electron chi connectivity index (χ4n) is 9.11. The highest BCUT2D eigenvalue weighted by Gasteiger charge is 2.44. The molecule has 0 radical (unpaired) electrons. The van der Waals surface area contributed by atoms with Crippen LogP contribution in [0.15, 0.2) is 77.2 Å². The molecule has 3 aromatic carbocycles. The Morgan fingerprint density at radius 3 is 2.75 bits per heavy atom. The number of aryl methyl sites for hydroxylation is 1. The van der Waals surface area contributed by atoms with Crippen molar-refractivity contribution >= 4 is 39.0 Å². The standard InChI is InChI=1S/C42H48ClN3O6S/c1-27-7-5-11-37(50-2)34-15-12-31(34)22-46-25-42(18-6-10-29-19-33(43)14-16-35(29)42)26-52-38-17-13-30(20-36(38)46)40(47)44-53(49,24-27)45-41(48)39-21-28-8-3-4-9-32(28)23-51-39/h3-5,8-9,11,13-14,16-17,19-20,27,31,34,37,39H,6-7,10,12,15,18,21-26H2,1-2H3,(H,44,45,47,48,49)/b11-5+/t27-,31-,34+,37-,39+,42-,53-/m0/s1. The average Bonchev–Trinajstić information content (AvgIpc) is 3.28. The molecule has 0 aromatic heterocycles. The van der Waals surface area contributed by atoms with Gasteiger partial charge in [0.25, 0.3) is 11.8 Å². The molecule has 0 saturated heterocycles. The van der Waals surface area contributed by atoms with Gasteiger partial charge < -0.3 is 19.1 Å². The fraction of sp³-hybridized carbons (Fsp3) is 0.476. The Labute approximate surface area is 317 Å². The summed E-state index contributed by atoms with van der Waals surface area (Å²) in [7, 11) is -1.77. The number of nitrogens with zero attached hydrogens (tertiary/aromatic N) is 2. The molecule has 53 heavy (non-hydrogen) atoms. The maximum absolute atomic E-state index is 14.7. The number of hydrogen-bond donors (Lipinski definition) is 1. The van der Waals surface area contributed by atoms with Crippen LogP contribution in [0.5, 0.6) is 5.75 Å². The van der Waals surface area contributed by atoms with E-state index in [1.54, 1.807) is 13.2 Å². The van der Waals surface area contributed by atoms with E-state index in [-0.39, 0.29) is 29.8 Å². The number of hydrogen-bond acceptors (Lipinski definition) is 7. The number of rotatable bonds is 3. The van der Waals surface area contributed by atoms with E-state index in [1.165, 1.54) is 11.1 Å². The minimum Gasteiger partial charge on any atom is -0.490 e. The Balaban J connectivity index is 1.16. The summed E-state index contributed by atoms with van der Waals surface area (Å²) in [5, 5.41) is 0.741. The van der Waals surface area contributed by atoms with Gasteiger partial charge in [-0.3, -0.25) is 14.3 Å². The summed E-state index contributed by atoms with van der Waals surface area (Å²) in [4.78, 5) is 30.2. The number of allylic oxidation sites excluding steroid dienone is 1. The summed E-state index contributed by atoms with van der Waals surface area (Å²) in [5.74, 6) is 0.120. The third kappa shape index (κ3) is 7.40. The molecule has 8 rings (SSSR count). The number of anilines is 1. The number of fused-ring (bicyclic) bond motifs is 5. The average molecular weight is 758 g/mol. The van der Waals surface area contributed by atoms with Crippen LogP contribution in [0.4, 0.5) is 5.69 Å². The zero-order valence-corrected chi connectivity index (χ0v) is 32.0. The van der Waals surface area contributed by atoms with Crippen LogP contribution in [-0.4, -0.2) is 60.8 Å². The van der Waals surface area contributed by atoms with Crippen molar-refractivity contribution in [1.82, 2.24) is 4.72 Å². The van der Waals surface area contributed by atoms with E-state index in [2.05, 4.69) is 38.3 Å². The van der Waals surface area contributed by atoms with Crippen molar-refractivity contribution in [3.8, 4) is 5.75 Å². The lowest BCUT2D eigenvalue weighted by atomic mass is 9.68. The van der Waals surface area contributed by atoms with Crippen molar-refractivity contribution in [2.75, 3.05) is 37.5 Å². The van der Waals surface area contributed by atoms with Crippen LogP contribution >= 0.6 is 11.6 Å². The van der Waals surface area contributed by atoms with Crippen LogP contribution in [0.1, 0.15) is 71.6 Å². The lowest BCUT2D eigenvalue weighted by Gasteiger charge is -2.46. The molecule has 3 aromatic rings. The second-order valence-corrected chi connectivity index (χ2v) is 18.1. The van der Waals surface area contributed by atoms with E-state index in [0.29, 0.717) is 42.6 Å². The summed E-state index contributed by atoms with van der Waals surface area (Å²) < 4.78 is 40.4. The van der Waals surface area contributed by atoms with Gasteiger partial charge in [-0.05, 0) is 109 Å². The number of methoxy groups -OCH3 is 1. The van der Waals surface area contributed by atoms with E-state index >= 15 is 0 Å². The molecule has 1 N–H and O–H groups in total. The predicted molar refractivity (Wildman–Crippen MR) is 207 cm³/mol. The molecule has 1 saturated carbocycles. The molecule has 5 aliphatic rings. The van der Waals surface area contributed by atoms with Crippen molar-refractivity contribution < 1.29 is 28.0 Å². The highest BCUT2D eigenvalue weighted by atomic mass is 35.5. The van der Waals surface area contributed by atoms with Gasteiger partial charge in [-0.15, -0.1) is 4.36 Å². The molecule has 7 atom stereocenters. The highest BCUT2D eigenvalue weighted by Crippen LogP contribution is 2.47. The van der Waals surface area contributed by atoms with Crippen LogP contribution in [0.2, 0.25) is 5.02 Å². The molecule has 280 valence electrons. The Morgan fingerprint density at radius 1 is 1.09 bits per heavy atom. The summed E-state index contributed by atoms with van der Waals surface area (Å²) in [6.45, 7) is 4.25. The smallest absolute Gasteiger partial charge is 0.286 e. The number of carbonyl (C=O) groups is 2. The van der Waals surface area contributed by atoms with E-state index < -0.39 is 27.8 Å². The first kappa shape index (κ1) is 36.3. The van der Waals surface area contributed by atoms with E-state index in [0.717, 1.165) is 67.0 Å². The largest absolute Gasteiger partial charge is 0.490 e. The van der Waals surface area contributed by atoms with Gasteiger partial charge in [0.15, 0.2) is 0 Å². The number of benzene rings is 3. The molecule has 0 unspecified atom stereocenters. The maximum Gasteiger partial charge on any atom is 0.286 e. The van der Waals surface area contributed by atoms with Crippen LogP contribution in [0.25, 0.3) is 0 Å². The van der Waals surface area contributed by atoms with Crippen LogP contribution in [0.3, 0.4) is 0 Å². The second kappa shape index (κ2) is 14.9. The van der Waals surface area contributed by atoms with Gasteiger partial charge >= 0.3 is 0 Å². The van der Waals surface area contributed by atoms with Crippen molar-refractivity contribution in [1.29, 1.82) is 0 Å². The normalized spacial score (nSPS) is 31.7. The van der Waals surface area contributed by atoms with Gasteiger partial charge in [0.2, 0.25) is 0 Å². The van der Waals surface area contributed by atoms with Crippen molar-refractivity contribution in [2.45, 2.75) is 76.1 Å². The number of nitrogens with one attached hydrogen (secondary N) is 1. The Hall–Kier alpha value is -3.70. The summed E-state index contributed by atoms with van der Waals surface area (Å²) >= 11 is 6.47. The summed E-state index contributed by atoms with van der Waals surface area (Å²) in [6, 6.07) is 19.4. The molecule has 3 heterocycles. The number of halogens is 1. The maximum atomic E-state index is 14.7. The number of ether oxygens (including phenoxy) is 3. The van der Waals surface area contributed by atoms with Gasteiger partial charge in [0.1, 0.15) is 21.8 Å². The second-order valence-electron chi connectivity index (χ2n) is 15.7. The fourth-order valence-corrected chi connectivity index (χ4v) is 11.2. The monoisotopic (exact) mass is 757 g/mol. The lowest BCUT2D eigenvalue weighted by molar-refractivity contribution is -0.132. The van der Waals surface area contributed by atoms with Gasteiger partial charge in [-0.25, -0.2) is 4.21 Å². The van der Waals surface area contributed by atoms with Gasteiger partial charge in [-0.2, -0.15) is 0 Å². The number of amides is 2. The van der Waals surface area contributed by atoms with Crippen LogP contribution in [0, 0.1) is 17.8 Å². The third-order valence-electron chi connectivity index (χ3n) is 12.0. The van der Waals surface area contributed by atoms with Gasteiger partial charge in [-0.1, -0.05) is 61.0 Å². The van der Waals surface area contributed by atoms with Crippen LogP contribution in [-0.2, 0) is 49.0 Å². The molecule has 3 aliphatic heterocycles. The third-order valence-corrected chi connectivity index (χ3v) is 14.3. The SMILES string of the molecule is CO[C@H]1/C=C/C[C@H](C)C[S@@](=O)(NC(=O)[C@H]2Cc3ccccc3CO2)=NC(=O)c2ccc3c(c2)N(C[C@@H]2CC[C@H]21)C[C@@]1(CCCc2cc(Cl)ccc21)CO3.